The highest BCUT2D eigenvalue weighted by Gasteiger charge is 2.17. The maximum Gasteiger partial charge on any atom is 0.175 e. The first kappa shape index (κ1) is 14.9. The lowest BCUT2D eigenvalue weighted by atomic mass is 10.1. The van der Waals surface area contributed by atoms with Gasteiger partial charge in [0.15, 0.2) is 11.5 Å². The third-order valence-electron chi connectivity index (χ3n) is 3.13. The van der Waals surface area contributed by atoms with E-state index in [1.54, 1.807) is 7.11 Å². The molecule has 0 amide bonds. The van der Waals surface area contributed by atoms with Crippen molar-refractivity contribution in [2.75, 3.05) is 20.3 Å². The van der Waals surface area contributed by atoms with Gasteiger partial charge in [-0.15, -0.1) is 11.6 Å². The Bertz CT molecular complexity index is 419. The summed E-state index contributed by atoms with van der Waals surface area (Å²) in [6.07, 6.45) is 3.59. The molecule has 1 atom stereocenters. The van der Waals surface area contributed by atoms with E-state index in [-0.39, 0.29) is 6.10 Å². The first-order valence-electron chi connectivity index (χ1n) is 6.41. The second-order valence-electron chi connectivity index (χ2n) is 4.54. The molecule has 1 fully saturated rings. The summed E-state index contributed by atoms with van der Waals surface area (Å²) in [7, 11) is 1.63. The Morgan fingerprint density at radius 3 is 2.89 bits per heavy atom. The minimum Gasteiger partial charge on any atom is -0.493 e. The summed E-state index contributed by atoms with van der Waals surface area (Å²) in [5.41, 5.74) is 0.992. The number of benzene rings is 1. The number of rotatable bonds is 5. The van der Waals surface area contributed by atoms with Gasteiger partial charge in [-0.25, -0.2) is 0 Å². The number of methoxy groups -OCH3 is 1. The zero-order valence-corrected chi connectivity index (χ0v) is 13.3. The fraction of sp³-hybridized carbons (Fsp3) is 0.571. The van der Waals surface area contributed by atoms with Crippen molar-refractivity contribution in [2.45, 2.75) is 31.2 Å². The number of hydrogen-bond acceptors (Lipinski definition) is 3. The summed E-state index contributed by atoms with van der Waals surface area (Å²) in [6, 6.07) is 3.85. The van der Waals surface area contributed by atoms with Crippen LogP contribution in [0.25, 0.3) is 0 Å². The normalized spacial score (nSPS) is 19.2. The van der Waals surface area contributed by atoms with E-state index >= 15 is 0 Å². The molecule has 0 aliphatic carbocycles. The summed E-state index contributed by atoms with van der Waals surface area (Å²) in [4.78, 5) is 0. The second-order valence-corrected chi connectivity index (χ2v) is 5.66. The average molecular weight is 350 g/mol. The Balaban J connectivity index is 2.05. The van der Waals surface area contributed by atoms with E-state index in [4.69, 9.17) is 25.8 Å². The van der Waals surface area contributed by atoms with Crippen molar-refractivity contribution in [3.05, 3.63) is 22.2 Å². The fourth-order valence-electron chi connectivity index (χ4n) is 2.11. The molecule has 1 aromatic rings. The summed E-state index contributed by atoms with van der Waals surface area (Å²) in [5.74, 6) is 1.85. The second kappa shape index (κ2) is 7.36. The number of ether oxygens (including phenoxy) is 3. The van der Waals surface area contributed by atoms with E-state index in [1.165, 1.54) is 6.42 Å². The Morgan fingerprint density at radius 2 is 2.26 bits per heavy atom. The van der Waals surface area contributed by atoms with Crippen molar-refractivity contribution < 1.29 is 14.2 Å². The summed E-state index contributed by atoms with van der Waals surface area (Å²) in [6.45, 7) is 1.38. The maximum atomic E-state index is 5.86. The van der Waals surface area contributed by atoms with Gasteiger partial charge in [0, 0.05) is 12.5 Å². The minimum absolute atomic E-state index is 0.179. The van der Waals surface area contributed by atoms with Crippen LogP contribution in [0.1, 0.15) is 24.8 Å². The highest BCUT2D eigenvalue weighted by Crippen LogP contribution is 2.37. The van der Waals surface area contributed by atoms with Crippen LogP contribution in [0.5, 0.6) is 11.5 Å². The minimum atomic E-state index is 0.179. The first-order valence-corrected chi connectivity index (χ1v) is 7.74. The smallest absolute Gasteiger partial charge is 0.175 e. The van der Waals surface area contributed by atoms with E-state index in [0.29, 0.717) is 24.0 Å². The number of hydrogen-bond donors (Lipinski definition) is 0. The van der Waals surface area contributed by atoms with Crippen LogP contribution in [-0.4, -0.2) is 26.4 Å². The molecule has 19 heavy (non-hydrogen) atoms. The predicted molar refractivity (Wildman–Crippen MR) is 79.3 cm³/mol. The quantitative estimate of drug-likeness (QED) is 0.748. The third-order valence-corrected chi connectivity index (χ3v) is 4.03. The van der Waals surface area contributed by atoms with E-state index in [0.717, 1.165) is 29.5 Å². The lowest BCUT2D eigenvalue weighted by molar-refractivity contribution is -0.0116. The van der Waals surface area contributed by atoms with E-state index in [1.807, 2.05) is 12.1 Å². The molecule has 1 saturated heterocycles. The fourth-order valence-corrected chi connectivity index (χ4v) is 2.86. The Labute approximate surface area is 127 Å². The van der Waals surface area contributed by atoms with Crippen LogP contribution in [0.3, 0.4) is 0 Å². The third kappa shape index (κ3) is 4.01. The van der Waals surface area contributed by atoms with Crippen molar-refractivity contribution in [2.24, 2.45) is 0 Å². The van der Waals surface area contributed by atoms with Crippen molar-refractivity contribution in [1.29, 1.82) is 0 Å². The molecule has 1 aliphatic heterocycles. The van der Waals surface area contributed by atoms with Gasteiger partial charge in [0.25, 0.3) is 0 Å². The first-order chi connectivity index (χ1) is 9.24. The molecule has 1 heterocycles. The molecule has 1 aliphatic rings. The molecule has 0 bridgehead atoms. The van der Waals surface area contributed by atoms with Crippen molar-refractivity contribution in [3.63, 3.8) is 0 Å². The van der Waals surface area contributed by atoms with Crippen molar-refractivity contribution in [1.82, 2.24) is 0 Å². The van der Waals surface area contributed by atoms with Gasteiger partial charge in [0.2, 0.25) is 0 Å². The van der Waals surface area contributed by atoms with Crippen LogP contribution < -0.4 is 9.47 Å². The van der Waals surface area contributed by atoms with Gasteiger partial charge >= 0.3 is 0 Å². The van der Waals surface area contributed by atoms with Crippen molar-refractivity contribution >= 4 is 27.5 Å². The average Bonchev–Trinajstić information content (AvgIpc) is 2.46. The molecular weight excluding hydrogens is 332 g/mol. The van der Waals surface area contributed by atoms with E-state index in [2.05, 4.69) is 15.9 Å². The maximum absolute atomic E-state index is 5.86. The zero-order chi connectivity index (χ0) is 13.7. The van der Waals surface area contributed by atoms with Crippen molar-refractivity contribution in [3.8, 4) is 11.5 Å². The van der Waals surface area contributed by atoms with Gasteiger partial charge < -0.3 is 14.2 Å². The van der Waals surface area contributed by atoms with E-state index < -0.39 is 0 Å². The Morgan fingerprint density at radius 1 is 1.42 bits per heavy atom. The summed E-state index contributed by atoms with van der Waals surface area (Å²) >= 11 is 9.34. The van der Waals surface area contributed by atoms with Gasteiger partial charge in [-0.2, -0.15) is 0 Å². The SMILES string of the molecule is COc1cc(CCl)cc(Br)c1OCC1CCCCO1. The monoisotopic (exact) mass is 348 g/mol. The van der Waals surface area contributed by atoms with Crippen LogP contribution in [0.15, 0.2) is 16.6 Å². The Hall–Kier alpha value is -0.450. The molecule has 0 aromatic heterocycles. The molecular formula is C14H18BrClO3. The molecule has 2 rings (SSSR count). The number of halogens is 2. The molecule has 1 unspecified atom stereocenters. The molecule has 3 nitrogen and oxygen atoms in total. The molecule has 0 spiro atoms. The zero-order valence-electron chi connectivity index (χ0n) is 11.0. The molecule has 0 N–H and O–H groups in total. The highest BCUT2D eigenvalue weighted by molar-refractivity contribution is 9.10. The van der Waals surface area contributed by atoms with Gasteiger partial charge in [0.05, 0.1) is 17.7 Å². The topological polar surface area (TPSA) is 27.7 Å². The van der Waals surface area contributed by atoms with Gasteiger partial charge in [-0.3, -0.25) is 0 Å². The van der Waals surface area contributed by atoms with Crippen LogP contribution in [0.2, 0.25) is 0 Å². The van der Waals surface area contributed by atoms with Gasteiger partial charge in [-0.1, -0.05) is 0 Å². The van der Waals surface area contributed by atoms with Gasteiger partial charge in [-0.05, 0) is 52.9 Å². The largest absolute Gasteiger partial charge is 0.493 e. The van der Waals surface area contributed by atoms with Crippen LogP contribution in [-0.2, 0) is 10.6 Å². The van der Waals surface area contributed by atoms with Gasteiger partial charge in [0.1, 0.15) is 6.61 Å². The summed E-state index contributed by atoms with van der Waals surface area (Å²) in [5, 5.41) is 0. The molecule has 106 valence electrons. The lowest BCUT2D eigenvalue weighted by Gasteiger charge is -2.23. The highest BCUT2D eigenvalue weighted by atomic mass is 79.9. The molecule has 0 radical (unpaired) electrons. The molecule has 1 aromatic carbocycles. The predicted octanol–water partition coefficient (Wildman–Crippen LogP) is 4.14. The lowest BCUT2D eigenvalue weighted by Crippen LogP contribution is -2.26. The van der Waals surface area contributed by atoms with Crippen LogP contribution >= 0.6 is 27.5 Å². The van der Waals surface area contributed by atoms with E-state index in [9.17, 15) is 0 Å². The molecule has 5 heteroatoms. The summed E-state index contributed by atoms with van der Waals surface area (Å²) < 4.78 is 17.7. The van der Waals surface area contributed by atoms with Crippen LogP contribution in [0.4, 0.5) is 0 Å². The molecule has 0 saturated carbocycles. The standard InChI is InChI=1S/C14H18BrClO3/c1-17-13-7-10(8-16)6-12(15)14(13)19-9-11-4-2-3-5-18-11/h6-7,11H,2-5,8-9H2,1H3. The number of alkyl halides is 1. The van der Waals surface area contributed by atoms with Crippen LogP contribution in [0, 0.1) is 0 Å². The Kier molecular flexibility index (Phi) is 5.79.